The number of benzene rings is 2. The fraction of sp³-hybridized carbons (Fsp3) is 0.200. The van der Waals surface area contributed by atoms with E-state index in [1.54, 1.807) is 12.2 Å². The molecule has 0 atom stereocenters. The number of para-hydroxylation sites is 1. The summed E-state index contributed by atoms with van der Waals surface area (Å²) in [6.07, 6.45) is 4.58. The van der Waals surface area contributed by atoms with Gasteiger partial charge in [0.05, 0.1) is 11.1 Å². The first-order chi connectivity index (χ1) is 16.1. The summed E-state index contributed by atoms with van der Waals surface area (Å²) in [4.78, 5) is 29.9. The highest BCUT2D eigenvalue weighted by Gasteiger charge is 2.12. The van der Waals surface area contributed by atoms with Crippen molar-refractivity contribution in [1.29, 1.82) is 0 Å². The highest BCUT2D eigenvalue weighted by molar-refractivity contribution is 7.15. The normalized spacial score (nSPS) is 11.6. The van der Waals surface area contributed by atoms with Gasteiger partial charge in [-0.25, -0.2) is 0 Å². The van der Waals surface area contributed by atoms with Gasteiger partial charge in [0.25, 0.3) is 11.1 Å². The van der Waals surface area contributed by atoms with Crippen molar-refractivity contribution in [3.63, 3.8) is 0 Å². The number of hydrogen-bond acceptors (Lipinski definition) is 7. The van der Waals surface area contributed by atoms with E-state index in [2.05, 4.69) is 16.7 Å². The van der Waals surface area contributed by atoms with E-state index in [0.717, 1.165) is 34.6 Å². The van der Waals surface area contributed by atoms with Gasteiger partial charge in [0.1, 0.15) is 23.8 Å². The maximum atomic E-state index is 13.0. The molecule has 2 heterocycles. The first-order valence-corrected chi connectivity index (χ1v) is 11.4. The number of nitrogens with zero attached hydrogens (tertiary/aromatic N) is 3. The second kappa shape index (κ2) is 10.2. The van der Waals surface area contributed by atoms with E-state index in [9.17, 15) is 9.59 Å². The van der Waals surface area contributed by atoms with Crippen LogP contribution in [0.1, 0.15) is 30.2 Å². The zero-order valence-electron chi connectivity index (χ0n) is 18.2. The molecule has 0 spiro atoms. The second-order valence-electron chi connectivity index (χ2n) is 7.28. The topological polar surface area (TPSA) is 82.8 Å². The van der Waals surface area contributed by atoms with Gasteiger partial charge in [0.15, 0.2) is 0 Å². The molecule has 0 N–H and O–H groups in total. The van der Waals surface area contributed by atoms with Crippen LogP contribution in [0.25, 0.3) is 11.0 Å². The lowest BCUT2D eigenvalue weighted by atomic mass is 10.1. The van der Waals surface area contributed by atoms with Crippen LogP contribution in [0.4, 0.5) is 0 Å². The molecule has 0 fully saturated rings. The van der Waals surface area contributed by atoms with Crippen LogP contribution < -0.4 is 25.1 Å². The summed E-state index contributed by atoms with van der Waals surface area (Å²) in [7, 11) is 0. The third kappa shape index (κ3) is 5.18. The molecule has 0 saturated heterocycles. The van der Waals surface area contributed by atoms with Crippen molar-refractivity contribution >= 4 is 22.4 Å². The predicted molar refractivity (Wildman–Crippen MR) is 129 cm³/mol. The van der Waals surface area contributed by atoms with E-state index >= 15 is 0 Å². The fourth-order valence-electron chi connectivity index (χ4n) is 3.19. The minimum Gasteiger partial charge on any atom is -0.494 e. The average Bonchev–Trinajstić information content (AvgIpc) is 3.12. The summed E-state index contributed by atoms with van der Waals surface area (Å²) >= 11 is 1.12. The monoisotopic (exact) mass is 461 g/mol. The maximum Gasteiger partial charge on any atom is 0.296 e. The van der Waals surface area contributed by atoms with Crippen LogP contribution in [0.2, 0.25) is 0 Å². The summed E-state index contributed by atoms with van der Waals surface area (Å²) < 4.78 is 12.9. The van der Waals surface area contributed by atoms with Gasteiger partial charge >= 0.3 is 0 Å². The number of aromatic nitrogens is 3. The summed E-state index contributed by atoms with van der Waals surface area (Å²) in [6, 6.07) is 14.9. The van der Waals surface area contributed by atoms with E-state index in [-0.39, 0.29) is 22.6 Å². The Morgan fingerprint density at radius 2 is 1.88 bits per heavy atom. The molecule has 8 heteroatoms. The van der Waals surface area contributed by atoms with Crippen molar-refractivity contribution < 1.29 is 9.47 Å². The second-order valence-corrected chi connectivity index (χ2v) is 8.29. The van der Waals surface area contributed by atoms with E-state index in [1.165, 1.54) is 4.52 Å². The number of fused-ring (bicyclic) bond motifs is 1. The van der Waals surface area contributed by atoms with E-state index in [4.69, 9.17) is 9.47 Å². The highest BCUT2D eigenvalue weighted by Crippen LogP contribution is 2.19. The molecule has 0 unspecified atom stereocenters. The van der Waals surface area contributed by atoms with Crippen molar-refractivity contribution in [3.05, 3.63) is 103 Å². The summed E-state index contributed by atoms with van der Waals surface area (Å²) in [5, 5.41) is 4.32. The van der Waals surface area contributed by atoms with Crippen LogP contribution in [0.3, 0.4) is 0 Å². The Labute approximate surface area is 194 Å². The summed E-state index contributed by atoms with van der Waals surface area (Å²) in [6.45, 7) is 6.71. The molecular weight excluding hydrogens is 438 g/mol. The van der Waals surface area contributed by atoms with E-state index in [0.29, 0.717) is 23.5 Å². The van der Waals surface area contributed by atoms with Gasteiger partial charge in [-0.15, -0.1) is 0 Å². The third-order valence-corrected chi connectivity index (χ3v) is 5.74. The molecule has 0 bridgehead atoms. The predicted octanol–water partition coefficient (Wildman–Crippen LogP) is 3.00. The summed E-state index contributed by atoms with van der Waals surface area (Å²) in [5.41, 5.74) is 1.07. The molecule has 4 aromatic rings. The zero-order chi connectivity index (χ0) is 23.2. The van der Waals surface area contributed by atoms with E-state index in [1.807, 2.05) is 55.5 Å². The maximum absolute atomic E-state index is 13.0. The van der Waals surface area contributed by atoms with Crippen LogP contribution in [0, 0.1) is 0 Å². The Kier molecular flexibility index (Phi) is 6.95. The molecule has 0 aliphatic rings. The van der Waals surface area contributed by atoms with Crippen LogP contribution >= 0.6 is 11.3 Å². The van der Waals surface area contributed by atoms with Crippen molar-refractivity contribution in [2.75, 3.05) is 13.2 Å². The van der Waals surface area contributed by atoms with Crippen molar-refractivity contribution in [2.45, 2.75) is 19.8 Å². The molecule has 168 valence electrons. The van der Waals surface area contributed by atoms with Crippen molar-refractivity contribution in [1.82, 2.24) is 14.6 Å². The molecule has 7 nitrogen and oxygen atoms in total. The molecule has 0 aliphatic carbocycles. The Balaban J connectivity index is 1.67. The molecule has 0 radical (unpaired) electrons. The third-order valence-electron chi connectivity index (χ3n) is 4.78. The summed E-state index contributed by atoms with van der Waals surface area (Å²) in [5.74, 6) is 1.41. The van der Waals surface area contributed by atoms with Gasteiger partial charge in [-0.1, -0.05) is 61.2 Å². The van der Waals surface area contributed by atoms with Gasteiger partial charge in [-0.3, -0.25) is 9.59 Å². The van der Waals surface area contributed by atoms with Crippen LogP contribution in [0.15, 0.2) is 70.8 Å². The Morgan fingerprint density at radius 1 is 1.09 bits per heavy atom. The quantitative estimate of drug-likeness (QED) is 0.357. The van der Waals surface area contributed by atoms with Crippen LogP contribution in [0.5, 0.6) is 11.5 Å². The van der Waals surface area contributed by atoms with Crippen LogP contribution in [-0.4, -0.2) is 27.8 Å². The Morgan fingerprint density at radius 3 is 2.64 bits per heavy atom. The van der Waals surface area contributed by atoms with Crippen LogP contribution in [-0.2, 0) is 6.42 Å². The molecule has 0 aliphatic heterocycles. The largest absolute Gasteiger partial charge is 0.494 e. The zero-order valence-corrected chi connectivity index (χ0v) is 19.0. The number of rotatable bonds is 9. The van der Waals surface area contributed by atoms with Gasteiger partial charge in [-0.05, 0) is 36.3 Å². The lowest BCUT2D eigenvalue weighted by Crippen LogP contribution is -2.28. The first kappa shape index (κ1) is 22.4. The molecule has 0 amide bonds. The lowest BCUT2D eigenvalue weighted by Gasteiger charge is -2.05. The molecule has 33 heavy (non-hydrogen) atoms. The Hall–Kier alpha value is -3.78. The minimum atomic E-state index is -0.441. The highest BCUT2D eigenvalue weighted by atomic mass is 32.1. The molecule has 2 aromatic heterocycles. The smallest absolute Gasteiger partial charge is 0.296 e. The molecule has 0 saturated carbocycles. The van der Waals surface area contributed by atoms with Crippen molar-refractivity contribution in [2.24, 2.45) is 0 Å². The molecular formula is C25H23N3O4S. The number of thiazole rings is 1. The number of ether oxygens (including phenoxy) is 2. The molecule has 2 aromatic carbocycles. The minimum absolute atomic E-state index is 0.214. The number of hydrogen-bond donors (Lipinski definition) is 0. The van der Waals surface area contributed by atoms with E-state index < -0.39 is 5.56 Å². The van der Waals surface area contributed by atoms with Gasteiger partial charge in [-0.2, -0.15) is 14.6 Å². The molecule has 4 rings (SSSR count). The van der Waals surface area contributed by atoms with Gasteiger partial charge < -0.3 is 9.47 Å². The standard InChI is InChI=1S/C25H23N3O4S/c1-3-13-31-19-11-9-17(10-12-19)15-20-23(29)26-25-28(27-20)24(30)22(33-25)16-18-7-5-6-8-21(18)32-14-4-2/h4-12,16H,2-3,13-15H2,1H3. The van der Waals surface area contributed by atoms with Gasteiger partial charge in [0, 0.05) is 12.0 Å². The van der Waals surface area contributed by atoms with Gasteiger partial charge in [0.2, 0.25) is 4.96 Å². The first-order valence-electron chi connectivity index (χ1n) is 10.6. The Bertz CT molecular complexity index is 1440. The average molecular weight is 462 g/mol. The fourth-order valence-corrected chi connectivity index (χ4v) is 4.08. The lowest BCUT2D eigenvalue weighted by molar-refractivity contribution is 0.317. The SMILES string of the molecule is C=CCOc1ccccc1C=c1sc2nc(=O)c(Cc3ccc(OCCC)cc3)nn2c1=O. The van der Waals surface area contributed by atoms with Crippen molar-refractivity contribution in [3.8, 4) is 11.5 Å².